The summed E-state index contributed by atoms with van der Waals surface area (Å²) in [5.74, 6) is -3.25. The number of hydrogen-bond donors (Lipinski definition) is 1. The molecule has 0 aromatic rings. The van der Waals surface area contributed by atoms with Crippen molar-refractivity contribution in [2.45, 2.75) is 25.9 Å². The molecule has 0 spiro atoms. The minimum Gasteiger partial charge on any atom is -0.466 e. The average Bonchev–Trinajstić information content (AvgIpc) is 2.03. The number of ether oxygens (including phenoxy) is 1. The maximum atomic E-state index is 12.3. The predicted octanol–water partition coefficient (Wildman–Crippen LogP) is 1.47. The summed E-state index contributed by atoms with van der Waals surface area (Å²) < 4.78 is 41.2. The molecule has 0 fully saturated rings. The molecule has 1 atom stereocenters. The van der Waals surface area contributed by atoms with Gasteiger partial charge in [0.15, 0.2) is 5.92 Å². The Morgan fingerprint density at radius 2 is 2.07 bits per heavy atom. The average molecular weight is 213 g/mol. The van der Waals surface area contributed by atoms with Crippen molar-refractivity contribution in [2.24, 2.45) is 11.7 Å². The van der Waals surface area contributed by atoms with E-state index < -0.39 is 18.1 Å². The van der Waals surface area contributed by atoms with Crippen molar-refractivity contribution < 1.29 is 22.7 Å². The van der Waals surface area contributed by atoms with Crippen molar-refractivity contribution in [3.63, 3.8) is 0 Å². The van der Waals surface area contributed by atoms with Crippen LogP contribution in [0.2, 0.25) is 0 Å². The summed E-state index contributed by atoms with van der Waals surface area (Å²) in [6, 6.07) is 0. The van der Waals surface area contributed by atoms with Crippen molar-refractivity contribution in [2.75, 3.05) is 13.2 Å². The van der Waals surface area contributed by atoms with Gasteiger partial charge in [-0.3, -0.25) is 4.79 Å². The molecule has 6 heteroatoms. The lowest BCUT2D eigenvalue weighted by Gasteiger charge is -2.17. The van der Waals surface area contributed by atoms with E-state index in [0.29, 0.717) is 0 Å². The van der Waals surface area contributed by atoms with Crippen LogP contribution in [0.4, 0.5) is 13.2 Å². The zero-order valence-electron chi connectivity index (χ0n) is 7.93. The Hall–Kier alpha value is -0.780. The first kappa shape index (κ1) is 13.2. The van der Waals surface area contributed by atoms with E-state index in [-0.39, 0.29) is 26.0 Å². The number of esters is 1. The molecule has 0 aliphatic rings. The molecule has 1 unspecified atom stereocenters. The highest BCUT2D eigenvalue weighted by Gasteiger charge is 2.45. The Morgan fingerprint density at radius 1 is 1.50 bits per heavy atom. The lowest BCUT2D eigenvalue weighted by Crippen LogP contribution is -2.32. The van der Waals surface area contributed by atoms with Crippen LogP contribution in [0.5, 0.6) is 0 Å². The predicted molar refractivity (Wildman–Crippen MR) is 44.5 cm³/mol. The van der Waals surface area contributed by atoms with Crippen LogP contribution >= 0.6 is 0 Å². The molecule has 14 heavy (non-hydrogen) atoms. The summed E-state index contributed by atoms with van der Waals surface area (Å²) in [6.07, 6.45) is -4.69. The zero-order chi connectivity index (χ0) is 11.2. The van der Waals surface area contributed by atoms with Gasteiger partial charge >= 0.3 is 12.1 Å². The largest absolute Gasteiger partial charge is 0.466 e. The van der Waals surface area contributed by atoms with E-state index in [9.17, 15) is 18.0 Å². The Bertz CT molecular complexity index is 182. The lowest BCUT2D eigenvalue weighted by molar-refractivity contribution is -0.198. The first-order chi connectivity index (χ1) is 6.43. The van der Waals surface area contributed by atoms with Crippen LogP contribution in [-0.2, 0) is 9.53 Å². The quantitative estimate of drug-likeness (QED) is 0.703. The molecule has 3 nitrogen and oxygen atoms in total. The number of carbonyl (C=O) groups is 1. The molecule has 2 N–H and O–H groups in total. The van der Waals surface area contributed by atoms with E-state index in [2.05, 4.69) is 4.74 Å². The Balaban J connectivity index is 4.31. The molecular weight excluding hydrogens is 199 g/mol. The maximum absolute atomic E-state index is 12.3. The third-order valence-corrected chi connectivity index (χ3v) is 1.66. The molecular formula is C8H14F3NO2. The number of carbonyl (C=O) groups excluding carboxylic acids is 1. The first-order valence-electron chi connectivity index (χ1n) is 4.36. The number of alkyl halides is 3. The van der Waals surface area contributed by atoms with Crippen molar-refractivity contribution in [1.29, 1.82) is 0 Å². The molecule has 0 aromatic heterocycles. The van der Waals surface area contributed by atoms with Gasteiger partial charge in [-0.05, 0) is 26.3 Å². The van der Waals surface area contributed by atoms with E-state index in [1.807, 2.05) is 0 Å². The third kappa shape index (κ3) is 4.45. The van der Waals surface area contributed by atoms with Crippen LogP contribution in [-0.4, -0.2) is 25.3 Å². The molecule has 0 aromatic carbocycles. The number of halogens is 3. The molecule has 84 valence electrons. The van der Waals surface area contributed by atoms with Gasteiger partial charge in [0.2, 0.25) is 0 Å². The number of rotatable bonds is 5. The van der Waals surface area contributed by atoms with Crippen LogP contribution in [0.3, 0.4) is 0 Å². The van der Waals surface area contributed by atoms with Gasteiger partial charge in [0, 0.05) is 0 Å². The van der Waals surface area contributed by atoms with Gasteiger partial charge in [0.25, 0.3) is 0 Å². The SMILES string of the molecule is CCOC(=O)C(CCCN)C(F)(F)F. The van der Waals surface area contributed by atoms with Crippen LogP contribution < -0.4 is 5.73 Å². The fourth-order valence-electron chi connectivity index (χ4n) is 0.980. The minimum absolute atomic E-state index is 0.0476. The highest BCUT2D eigenvalue weighted by Crippen LogP contribution is 2.30. The van der Waals surface area contributed by atoms with E-state index >= 15 is 0 Å². The van der Waals surface area contributed by atoms with Crippen LogP contribution in [0, 0.1) is 5.92 Å². The van der Waals surface area contributed by atoms with Crippen molar-refractivity contribution in [1.82, 2.24) is 0 Å². The minimum atomic E-state index is -4.54. The molecule has 0 saturated heterocycles. The molecule has 0 radical (unpaired) electrons. The van der Waals surface area contributed by atoms with Crippen molar-refractivity contribution in [3.8, 4) is 0 Å². The summed E-state index contributed by atoms with van der Waals surface area (Å²) in [5, 5.41) is 0. The van der Waals surface area contributed by atoms with E-state index in [4.69, 9.17) is 5.73 Å². The monoisotopic (exact) mass is 213 g/mol. The third-order valence-electron chi connectivity index (χ3n) is 1.66. The normalized spacial score (nSPS) is 13.8. The molecule has 0 amide bonds. The van der Waals surface area contributed by atoms with Gasteiger partial charge in [0.1, 0.15) is 0 Å². The smallest absolute Gasteiger partial charge is 0.402 e. The summed E-state index contributed by atoms with van der Waals surface area (Å²) in [5.41, 5.74) is 5.07. The number of nitrogens with two attached hydrogens (primary N) is 1. The fraction of sp³-hybridized carbons (Fsp3) is 0.875. The summed E-state index contributed by atoms with van der Waals surface area (Å²) >= 11 is 0. The van der Waals surface area contributed by atoms with Gasteiger partial charge in [-0.15, -0.1) is 0 Å². The van der Waals surface area contributed by atoms with Crippen LogP contribution in [0.1, 0.15) is 19.8 Å². The topological polar surface area (TPSA) is 52.3 Å². The van der Waals surface area contributed by atoms with Crippen LogP contribution in [0.15, 0.2) is 0 Å². The summed E-state index contributed by atoms with van der Waals surface area (Å²) in [6.45, 7) is 1.55. The highest BCUT2D eigenvalue weighted by molar-refractivity contribution is 5.73. The zero-order valence-corrected chi connectivity index (χ0v) is 7.93. The first-order valence-corrected chi connectivity index (χ1v) is 4.36. The second-order valence-corrected chi connectivity index (χ2v) is 2.78. The van der Waals surface area contributed by atoms with Crippen molar-refractivity contribution in [3.05, 3.63) is 0 Å². The lowest BCUT2D eigenvalue weighted by atomic mass is 10.0. The maximum Gasteiger partial charge on any atom is 0.402 e. The fourth-order valence-corrected chi connectivity index (χ4v) is 0.980. The molecule has 0 heterocycles. The van der Waals surface area contributed by atoms with Crippen molar-refractivity contribution >= 4 is 5.97 Å². The molecule has 0 bridgehead atoms. The van der Waals surface area contributed by atoms with Crippen LogP contribution in [0.25, 0.3) is 0 Å². The number of hydrogen-bond acceptors (Lipinski definition) is 3. The van der Waals surface area contributed by atoms with E-state index in [1.165, 1.54) is 6.92 Å². The Morgan fingerprint density at radius 3 is 2.43 bits per heavy atom. The van der Waals surface area contributed by atoms with E-state index in [1.54, 1.807) is 0 Å². The second kappa shape index (κ2) is 5.85. The summed E-state index contributed by atoms with van der Waals surface area (Å²) in [4.78, 5) is 10.9. The molecule has 0 rings (SSSR count). The van der Waals surface area contributed by atoms with Gasteiger partial charge in [-0.25, -0.2) is 0 Å². The van der Waals surface area contributed by atoms with Gasteiger partial charge in [-0.2, -0.15) is 13.2 Å². The van der Waals surface area contributed by atoms with Gasteiger partial charge < -0.3 is 10.5 Å². The van der Waals surface area contributed by atoms with Gasteiger partial charge in [0.05, 0.1) is 6.61 Å². The molecule has 0 aliphatic carbocycles. The Kier molecular flexibility index (Phi) is 5.52. The highest BCUT2D eigenvalue weighted by atomic mass is 19.4. The Labute approximate surface area is 80.4 Å². The summed E-state index contributed by atoms with van der Waals surface area (Å²) in [7, 11) is 0. The van der Waals surface area contributed by atoms with Gasteiger partial charge in [-0.1, -0.05) is 0 Å². The standard InChI is InChI=1S/C8H14F3NO2/c1-2-14-7(13)6(4-3-5-12)8(9,10)11/h6H,2-5,12H2,1H3. The van der Waals surface area contributed by atoms with E-state index in [0.717, 1.165) is 0 Å². The molecule has 0 saturated carbocycles. The second-order valence-electron chi connectivity index (χ2n) is 2.78. The molecule has 0 aliphatic heterocycles.